The van der Waals surface area contributed by atoms with E-state index >= 15 is 0 Å². The quantitative estimate of drug-likeness (QED) is 0.0577. The zero-order valence-electron chi connectivity index (χ0n) is 26.6. The Morgan fingerprint density at radius 3 is 1.65 bits per heavy atom. The second-order valence-electron chi connectivity index (χ2n) is 11.6. The molecule has 0 spiro atoms. The molecule has 1 unspecified atom stereocenters. The molecule has 0 fully saturated rings. The van der Waals surface area contributed by atoms with Gasteiger partial charge in [0.15, 0.2) is 46.0 Å². The summed E-state index contributed by atoms with van der Waals surface area (Å²) in [6.45, 7) is 0. The predicted octanol–water partition coefficient (Wildman–Crippen LogP) is 3.33. The van der Waals surface area contributed by atoms with Gasteiger partial charge in [0.2, 0.25) is 12.2 Å². The van der Waals surface area contributed by atoms with Gasteiger partial charge in [-0.25, -0.2) is 14.4 Å². The van der Waals surface area contributed by atoms with Gasteiger partial charge in [-0.1, -0.05) is 24.3 Å². The van der Waals surface area contributed by atoms with Crippen molar-refractivity contribution in [1.82, 2.24) is 0 Å². The summed E-state index contributed by atoms with van der Waals surface area (Å²) in [7, 11) is 0. The molecule has 1 aliphatic heterocycles. The molecule has 0 bridgehead atoms. The van der Waals surface area contributed by atoms with Crippen LogP contribution in [0, 0.1) is 0 Å². The van der Waals surface area contributed by atoms with Crippen LogP contribution in [0.4, 0.5) is 0 Å². The number of rotatable bonds is 12. The second kappa shape index (κ2) is 14.8. The van der Waals surface area contributed by atoms with Gasteiger partial charge in [0.25, 0.3) is 0 Å². The van der Waals surface area contributed by atoms with E-state index in [0.29, 0.717) is 0 Å². The first kappa shape index (κ1) is 36.2. The number of phenolic OH excluding ortho intramolecular Hbond substituents is 7. The van der Waals surface area contributed by atoms with Crippen molar-refractivity contribution >= 4 is 30.0 Å². The molecule has 52 heavy (non-hydrogen) atoms. The number of benzene rings is 4. The highest BCUT2D eigenvalue weighted by Gasteiger charge is 2.46. The van der Waals surface area contributed by atoms with Crippen LogP contribution in [0.2, 0.25) is 0 Å². The highest BCUT2D eigenvalue weighted by molar-refractivity contribution is 5.92. The standard InChI is InChI=1S/C36H30O16/c37-20-6-1-16(11-24(20)41)13-27(34(45)46)50-29(44)10-5-18-3-9-23(40)33-30(18)31(32(52-33)19-4-8-22(39)26(43)15-19)36(49)51-28(35(47)48)14-17-2-7-21(38)25(42)12-17/h1-12,15,27-28,31-32,37-43H,13-14H2,(H,45,46)(H,47,48)/b10-5+/t27-,28-,31?,32-/m1/s1. The van der Waals surface area contributed by atoms with Crippen LogP contribution in [0.5, 0.6) is 46.0 Å². The molecule has 16 nitrogen and oxygen atoms in total. The fourth-order valence-electron chi connectivity index (χ4n) is 5.49. The van der Waals surface area contributed by atoms with E-state index in [1.165, 1.54) is 24.3 Å². The summed E-state index contributed by atoms with van der Waals surface area (Å²) in [6.07, 6.45) is -3.85. The lowest BCUT2D eigenvalue weighted by atomic mass is 9.87. The van der Waals surface area contributed by atoms with Crippen molar-refractivity contribution < 1.29 is 79.3 Å². The smallest absolute Gasteiger partial charge is 0.345 e. The highest BCUT2D eigenvalue weighted by atomic mass is 16.6. The number of carboxylic acids is 2. The van der Waals surface area contributed by atoms with Crippen molar-refractivity contribution in [3.63, 3.8) is 0 Å². The van der Waals surface area contributed by atoms with Gasteiger partial charge in [0.1, 0.15) is 12.0 Å². The van der Waals surface area contributed by atoms with Crippen LogP contribution >= 0.6 is 0 Å². The Labute approximate surface area is 292 Å². The molecule has 1 aliphatic rings. The number of phenols is 7. The van der Waals surface area contributed by atoms with Crippen LogP contribution in [0.3, 0.4) is 0 Å². The summed E-state index contributed by atoms with van der Waals surface area (Å²) in [5, 5.41) is 89.1. The number of ether oxygens (including phenoxy) is 3. The first-order chi connectivity index (χ1) is 24.6. The predicted molar refractivity (Wildman–Crippen MR) is 175 cm³/mol. The third-order valence-electron chi connectivity index (χ3n) is 8.04. The summed E-state index contributed by atoms with van der Waals surface area (Å²) in [5.41, 5.74) is 0.445. The molecule has 16 heteroatoms. The molecular formula is C36H30O16. The number of fused-ring (bicyclic) bond motifs is 1. The van der Waals surface area contributed by atoms with Gasteiger partial charge in [-0.05, 0) is 70.8 Å². The fourth-order valence-corrected chi connectivity index (χ4v) is 5.49. The maximum Gasteiger partial charge on any atom is 0.345 e. The third kappa shape index (κ3) is 7.86. The number of hydrogen-bond donors (Lipinski definition) is 9. The van der Waals surface area contributed by atoms with Crippen molar-refractivity contribution in [2.24, 2.45) is 0 Å². The number of carbonyl (C=O) groups excluding carboxylic acids is 2. The van der Waals surface area contributed by atoms with Crippen LogP contribution in [0.15, 0.2) is 72.8 Å². The van der Waals surface area contributed by atoms with Crippen molar-refractivity contribution in [3.8, 4) is 46.0 Å². The zero-order valence-corrected chi connectivity index (χ0v) is 26.6. The lowest BCUT2D eigenvalue weighted by molar-refractivity contribution is -0.166. The average molecular weight is 719 g/mol. The van der Waals surface area contributed by atoms with Crippen LogP contribution in [0.25, 0.3) is 6.08 Å². The molecule has 4 aromatic rings. The molecular weight excluding hydrogens is 688 g/mol. The van der Waals surface area contributed by atoms with Crippen molar-refractivity contribution in [2.45, 2.75) is 37.1 Å². The summed E-state index contributed by atoms with van der Waals surface area (Å²) in [4.78, 5) is 50.9. The van der Waals surface area contributed by atoms with Crippen LogP contribution in [0.1, 0.15) is 39.8 Å². The molecule has 1 heterocycles. The molecule has 0 amide bonds. The number of esters is 2. The number of hydrogen-bond acceptors (Lipinski definition) is 14. The minimum Gasteiger partial charge on any atom is -0.504 e. The van der Waals surface area contributed by atoms with Gasteiger partial charge in [0, 0.05) is 24.5 Å². The Morgan fingerprint density at radius 1 is 0.635 bits per heavy atom. The Bertz CT molecular complexity index is 2090. The monoisotopic (exact) mass is 718 g/mol. The summed E-state index contributed by atoms with van der Waals surface area (Å²) in [6, 6.07) is 13.0. The van der Waals surface area contributed by atoms with Crippen LogP contribution < -0.4 is 4.74 Å². The third-order valence-corrected chi connectivity index (χ3v) is 8.04. The van der Waals surface area contributed by atoms with E-state index in [4.69, 9.17) is 14.2 Å². The summed E-state index contributed by atoms with van der Waals surface area (Å²) >= 11 is 0. The van der Waals surface area contributed by atoms with E-state index in [1.54, 1.807) is 0 Å². The summed E-state index contributed by atoms with van der Waals surface area (Å²) in [5.74, 6) is -10.8. The summed E-state index contributed by atoms with van der Waals surface area (Å²) < 4.78 is 16.5. The Hall–Kier alpha value is -7.10. The van der Waals surface area contributed by atoms with E-state index < -0.39 is 94.8 Å². The van der Waals surface area contributed by atoms with Gasteiger partial charge >= 0.3 is 23.9 Å². The van der Waals surface area contributed by atoms with Crippen molar-refractivity contribution in [2.75, 3.05) is 0 Å². The molecule has 9 N–H and O–H groups in total. The minimum atomic E-state index is -1.84. The average Bonchev–Trinajstić information content (AvgIpc) is 3.50. The molecule has 4 aromatic carbocycles. The SMILES string of the molecule is O=C(/C=C/c1ccc(O)c2c1C(C(=O)O[C@H](Cc1ccc(O)c(O)c1)C(=O)O)[C@@H](c1ccc(O)c(O)c1)O2)O[C@H](Cc1ccc(O)c(O)c1)C(=O)O. The molecule has 0 radical (unpaired) electrons. The Kier molecular flexibility index (Phi) is 10.3. The van der Waals surface area contributed by atoms with Gasteiger partial charge in [-0.3, -0.25) is 4.79 Å². The van der Waals surface area contributed by atoms with Crippen molar-refractivity contribution in [1.29, 1.82) is 0 Å². The number of carbonyl (C=O) groups is 4. The number of aliphatic carboxylic acids is 2. The second-order valence-corrected chi connectivity index (χ2v) is 11.6. The molecule has 5 rings (SSSR count). The maximum absolute atomic E-state index is 13.9. The largest absolute Gasteiger partial charge is 0.504 e. The minimum absolute atomic E-state index is 0.0443. The topological polar surface area (TPSA) is 278 Å². The molecule has 270 valence electrons. The normalized spacial score (nSPS) is 16.0. The lowest BCUT2D eigenvalue weighted by Gasteiger charge is -2.22. The van der Waals surface area contributed by atoms with E-state index in [0.717, 1.165) is 54.6 Å². The van der Waals surface area contributed by atoms with E-state index in [1.807, 2.05) is 0 Å². The zero-order chi connectivity index (χ0) is 37.9. The first-order valence-corrected chi connectivity index (χ1v) is 15.2. The van der Waals surface area contributed by atoms with Crippen molar-refractivity contribution in [3.05, 3.63) is 101 Å². The molecule has 4 atom stereocenters. The van der Waals surface area contributed by atoms with Gasteiger partial charge < -0.3 is 60.2 Å². The lowest BCUT2D eigenvalue weighted by Crippen LogP contribution is -2.33. The number of carboxylic acid groups (broad SMARTS) is 2. The van der Waals surface area contributed by atoms with Gasteiger partial charge in [0.05, 0.1) is 0 Å². The molecule has 0 saturated heterocycles. The molecule has 0 saturated carbocycles. The van der Waals surface area contributed by atoms with E-state index in [9.17, 15) is 65.1 Å². The molecule has 0 aromatic heterocycles. The van der Waals surface area contributed by atoms with Gasteiger partial charge in [-0.15, -0.1) is 0 Å². The first-order valence-electron chi connectivity index (χ1n) is 15.2. The highest BCUT2D eigenvalue weighted by Crippen LogP contribution is 2.53. The number of aromatic hydroxyl groups is 7. The van der Waals surface area contributed by atoms with Crippen LogP contribution in [-0.2, 0) is 41.5 Å². The molecule has 0 aliphatic carbocycles. The van der Waals surface area contributed by atoms with E-state index in [2.05, 4.69) is 0 Å². The van der Waals surface area contributed by atoms with Crippen LogP contribution in [-0.4, -0.2) is 82.0 Å². The Balaban J connectivity index is 1.47. The maximum atomic E-state index is 13.9. The van der Waals surface area contributed by atoms with E-state index in [-0.39, 0.29) is 40.0 Å². The van der Waals surface area contributed by atoms with Gasteiger partial charge in [-0.2, -0.15) is 0 Å². The fraction of sp³-hybridized carbons (Fsp3) is 0.167. The Morgan fingerprint density at radius 2 is 1.13 bits per heavy atom.